The third-order valence-electron chi connectivity index (χ3n) is 4.93. The molecule has 0 saturated carbocycles. The minimum absolute atomic E-state index is 0.0466. The lowest BCUT2D eigenvalue weighted by atomic mass is 10.0. The first-order valence-electron chi connectivity index (χ1n) is 11.7. The van der Waals surface area contributed by atoms with Gasteiger partial charge < -0.3 is 25.2 Å². The molecule has 0 saturated heterocycles. The summed E-state index contributed by atoms with van der Waals surface area (Å²) in [5.74, 6) is -0.972. The molecule has 35 heavy (non-hydrogen) atoms. The average Bonchev–Trinajstić information content (AvgIpc) is 2.77. The molecule has 2 amide bonds. The van der Waals surface area contributed by atoms with Crippen molar-refractivity contribution in [2.75, 3.05) is 0 Å². The molecule has 190 valence electrons. The van der Waals surface area contributed by atoms with Crippen LogP contribution in [0.25, 0.3) is 0 Å². The molecule has 0 aliphatic heterocycles. The molecule has 3 N–H and O–H groups in total. The van der Waals surface area contributed by atoms with Crippen molar-refractivity contribution in [3.8, 4) is 5.75 Å². The molecule has 0 unspecified atom stereocenters. The number of carboxylic acid groups (broad SMARTS) is 1. The summed E-state index contributed by atoms with van der Waals surface area (Å²) in [5.41, 5.74) is 1.22. The van der Waals surface area contributed by atoms with E-state index in [1.807, 2.05) is 65.0 Å². The number of nitrogens with one attached hydrogen (secondary N) is 2. The Kier molecular flexibility index (Phi) is 10.1. The standard InChI is InChI=1S/C27H36N2O6/c1-18(2)15-23(25(31)32)28-24(30)22(29-26(33)34-17-20-9-7-6-8-10-20)16-19-11-13-21(14-12-19)35-27(3,4)5/h6-14,18,22-23H,15-17H2,1-5H3,(H,28,30)(H,29,33)(H,31,32)/t22-,23-/m0/s1. The van der Waals surface area contributed by atoms with Crippen molar-refractivity contribution in [2.24, 2.45) is 5.92 Å². The normalized spacial score (nSPS) is 13.0. The number of carbonyl (C=O) groups is 3. The van der Waals surface area contributed by atoms with Crippen LogP contribution in [0.3, 0.4) is 0 Å². The smallest absolute Gasteiger partial charge is 0.408 e. The number of benzene rings is 2. The molecule has 8 heteroatoms. The largest absolute Gasteiger partial charge is 0.488 e. The minimum atomic E-state index is -1.12. The molecule has 2 atom stereocenters. The van der Waals surface area contributed by atoms with Crippen LogP contribution >= 0.6 is 0 Å². The van der Waals surface area contributed by atoms with Gasteiger partial charge in [-0.25, -0.2) is 9.59 Å². The molecule has 2 aromatic carbocycles. The minimum Gasteiger partial charge on any atom is -0.488 e. The van der Waals surface area contributed by atoms with Crippen molar-refractivity contribution >= 4 is 18.0 Å². The van der Waals surface area contributed by atoms with E-state index >= 15 is 0 Å². The van der Waals surface area contributed by atoms with Gasteiger partial charge in [-0.1, -0.05) is 56.3 Å². The van der Waals surface area contributed by atoms with Crippen LogP contribution in [0.1, 0.15) is 52.2 Å². The number of aliphatic carboxylic acids is 1. The Labute approximate surface area is 207 Å². The van der Waals surface area contributed by atoms with Gasteiger partial charge in [-0.05, 0) is 56.4 Å². The Balaban J connectivity index is 2.13. The highest BCUT2D eigenvalue weighted by Gasteiger charge is 2.28. The van der Waals surface area contributed by atoms with Gasteiger partial charge in [-0.15, -0.1) is 0 Å². The Bertz CT molecular complexity index is 967. The summed E-state index contributed by atoms with van der Waals surface area (Å²) < 4.78 is 11.1. The van der Waals surface area contributed by atoms with E-state index in [2.05, 4.69) is 10.6 Å². The van der Waals surface area contributed by atoms with Gasteiger partial charge in [0.1, 0.15) is 30.0 Å². The lowest BCUT2D eigenvalue weighted by molar-refractivity contribution is -0.142. The van der Waals surface area contributed by atoms with Gasteiger partial charge in [0.05, 0.1) is 0 Å². The number of carboxylic acids is 1. The monoisotopic (exact) mass is 484 g/mol. The maximum absolute atomic E-state index is 13.0. The van der Waals surface area contributed by atoms with Crippen LogP contribution < -0.4 is 15.4 Å². The molecule has 8 nitrogen and oxygen atoms in total. The van der Waals surface area contributed by atoms with Crippen molar-refractivity contribution in [3.63, 3.8) is 0 Å². The quantitative estimate of drug-likeness (QED) is 0.438. The SMILES string of the molecule is CC(C)C[C@H](NC(=O)[C@H](Cc1ccc(OC(C)(C)C)cc1)NC(=O)OCc1ccccc1)C(=O)O. The first kappa shape index (κ1) is 27.7. The van der Waals surface area contributed by atoms with Gasteiger partial charge in [-0.3, -0.25) is 4.79 Å². The van der Waals surface area contributed by atoms with Crippen LogP contribution in [-0.4, -0.2) is 40.8 Å². The lowest BCUT2D eigenvalue weighted by Gasteiger charge is -2.23. The number of ether oxygens (including phenoxy) is 2. The second-order valence-electron chi connectivity index (χ2n) is 9.85. The van der Waals surface area contributed by atoms with Gasteiger partial charge >= 0.3 is 12.1 Å². The Morgan fingerprint density at radius 2 is 1.51 bits per heavy atom. The summed E-state index contributed by atoms with van der Waals surface area (Å²) in [6.45, 7) is 9.64. The second-order valence-corrected chi connectivity index (χ2v) is 9.85. The summed E-state index contributed by atoms with van der Waals surface area (Å²) in [7, 11) is 0. The van der Waals surface area contributed by atoms with Gasteiger partial charge in [0, 0.05) is 6.42 Å². The maximum Gasteiger partial charge on any atom is 0.408 e. The highest BCUT2D eigenvalue weighted by Crippen LogP contribution is 2.19. The molecule has 0 spiro atoms. The molecule has 0 aliphatic carbocycles. The first-order chi connectivity index (χ1) is 16.4. The fraction of sp³-hybridized carbons (Fsp3) is 0.444. The summed E-state index contributed by atoms with van der Waals surface area (Å²) in [6.07, 6.45) is -0.348. The number of rotatable bonds is 11. The Hall–Kier alpha value is -3.55. The van der Waals surface area contributed by atoms with Crippen LogP contribution in [-0.2, 0) is 27.4 Å². The summed E-state index contributed by atoms with van der Waals surface area (Å²) in [5, 5.41) is 14.7. The highest BCUT2D eigenvalue weighted by atomic mass is 16.5. The zero-order valence-corrected chi connectivity index (χ0v) is 21.0. The van der Waals surface area contributed by atoms with Gasteiger partial charge in [0.15, 0.2) is 0 Å². The molecular formula is C27H36N2O6. The third kappa shape index (κ3) is 10.5. The van der Waals surface area contributed by atoms with Crippen LogP contribution in [0, 0.1) is 5.92 Å². The molecule has 2 rings (SSSR count). The molecule has 2 aromatic rings. The fourth-order valence-corrected chi connectivity index (χ4v) is 3.36. The number of hydrogen-bond donors (Lipinski definition) is 3. The molecule has 0 heterocycles. The van der Waals surface area contributed by atoms with Crippen LogP contribution in [0.2, 0.25) is 0 Å². The highest BCUT2D eigenvalue weighted by molar-refractivity contribution is 5.89. The van der Waals surface area contributed by atoms with E-state index in [9.17, 15) is 19.5 Å². The number of carbonyl (C=O) groups excluding carboxylic acids is 2. The van der Waals surface area contributed by atoms with E-state index < -0.39 is 30.1 Å². The van der Waals surface area contributed by atoms with Gasteiger partial charge in [0.25, 0.3) is 0 Å². The summed E-state index contributed by atoms with van der Waals surface area (Å²) in [6, 6.07) is 14.3. The number of hydrogen-bond acceptors (Lipinski definition) is 5. The van der Waals surface area contributed by atoms with Crippen LogP contribution in [0.4, 0.5) is 4.79 Å². The first-order valence-corrected chi connectivity index (χ1v) is 11.7. The Morgan fingerprint density at radius 1 is 0.886 bits per heavy atom. The van der Waals surface area contributed by atoms with Crippen molar-refractivity contribution < 1.29 is 29.0 Å². The third-order valence-corrected chi connectivity index (χ3v) is 4.93. The number of alkyl carbamates (subject to hydrolysis) is 1. The molecule has 0 bridgehead atoms. The topological polar surface area (TPSA) is 114 Å². The molecule has 0 fully saturated rings. The molecule has 0 aliphatic rings. The van der Waals surface area contributed by atoms with Gasteiger partial charge in [0.2, 0.25) is 5.91 Å². The van der Waals surface area contributed by atoms with Crippen LogP contribution in [0.5, 0.6) is 5.75 Å². The second kappa shape index (κ2) is 12.8. The van der Waals surface area contributed by atoms with E-state index in [1.165, 1.54) is 0 Å². The number of amides is 2. The maximum atomic E-state index is 13.0. The van der Waals surface area contributed by atoms with Gasteiger partial charge in [-0.2, -0.15) is 0 Å². The zero-order chi connectivity index (χ0) is 26.0. The Morgan fingerprint density at radius 3 is 2.06 bits per heavy atom. The predicted octanol–water partition coefficient (Wildman–Crippen LogP) is 4.32. The predicted molar refractivity (Wildman–Crippen MR) is 133 cm³/mol. The van der Waals surface area contributed by atoms with Crippen molar-refractivity contribution in [3.05, 3.63) is 65.7 Å². The lowest BCUT2D eigenvalue weighted by Crippen LogP contribution is -2.52. The van der Waals surface area contributed by atoms with Crippen molar-refractivity contribution in [1.82, 2.24) is 10.6 Å². The van der Waals surface area contributed by atoms with E-state index in [-0.39, 0.29) is 31.0 Å². The van der Waals surface area contributed by atoms with E-state index in [0.717, 1.165) is 11.1 Å². The molecule has 0 radical (unpaired) electrons. The average molecular weight is 485 g/mol. The van der Waals surface area contributed by atoms with E-state index in [1.54, 1.807) is 24.3 Å². The van der Waals surface area contributed by atoms with Crippen LogP contribution in [0.15, 0.2) is 54.6 Å². The van der Waals surface area contributed by atoms with Crippen molar-refractivity contribution in [2.45, 2.75) is 71.8 Å². The zero-order valence-electron chi connectivity index (χ0n) is 21.0. The fourth-order valence-electron chi connectivity index (χ4n) is 3.36. The molecule has 0 aromatic heterocycles. The van der Waals surface area contributed by atoms with Crippen molar-refractivity contribution in [1.29, 1.82) is 0 Å². The van der Waals surface area contributed by atoms with E-state index in [0.29, 0.717) is 5.75 Å². The van der Waals surface area contributed by atoms with E-state index in [4.69, 9.17) is 9.47 Å². The molecular weight excluding hydrogens is 448 g/mol. The summed E-state index contributed by atoms with van der Waals surface area (Å²) >= 11 is 0. The summed E-state index contributed by atoms with van der Waals surface area (Å²) in [4.78, 5) is 37.2.